The number of ether oxygens (including phenoxy) is 1. The van der Waals surface area contributed by atoms with Crippen LogP contribution in [-0.4, -0.2) is 9.97 Å². The van der Waals surface area contributed by atoms with Gasteiger partial charge in [-0.15, -0.1) is 0 Å². The van der Waals surface area contributed by atoms with Crippen LogP contribution in [0.1, 0.15) is 0 Å². The van der Waals surface area contributed by atoms with Crippen LogP contribution in [0.2, 0.25) is 0 Å². The SMILES string of the molecule is NNc1cc(Oc2cc(F)cc(F)c2)ncn1. The Morgan fingerprint density at radius 1 is 1.06 bits per heavy atom. The largest absolute Gasteiger partial charge is 0.439 e. The number of halogens is 2. The molecule has 0 saturated carbocycles. The summed E-state index contributed by atoms with van der Waals surface area (Å²) in [6.07, 6.45) is 1.21. The molecule has 0 atom stereocenters. The highest BCUT2D eigenvalue weighted by atomic mass is 19.1. The average molecular weight is 238 g/mol. The Balaban J connectivity index is 2.24. The molecule has 0 aliphatic heterocycles. The zero-order chi connectivity index (χ0) is 12.3. The normalized spacial score (nSPS) is 10.1. The van der Waals surface area contributed by atoms with Crippen LogP contribution < -0.4 is 16.0 Å². The third kappa shape index (κ3) is 2.85. The van der Waals surface area contributed by atoms with Gasteiger partial charge in [0.2, 0.25) is 5.88 Å². The van der Waals surface area contributed by atoms with E-state index in [0.717, 1.165) is 18.2 Å². The maximum absolute atomic E-state index is 12.9. The third-order valence-corrected chi connectivity index (χ3v) is 1.85. The molecule has 2 aromatic rings. The number of benzene rings is 1. The summed E-state index contributed by atoms with van der Waals surface area (Å²) in [7, 11) is 0. The van der Waals surface area contributed by atoms with Gasteiger partial charge in [0.1, 0.15) is 29.5 Å². The van der Waals surface area contributed by atoms with Crippen molar-refractivity contribution in [3.8, 4) is 11.6 Å². The molecule has 88 valence electrons. The van der Waals surface area contributed by atoms with Crippen molar-refractivity contribution in [2.45, 2.75) is 0 Å². The van der Waals surface area contributed by atoms with Crippen molar-refractivity contribution in [3.05, 3.63) is 42.2 Å². The maximum Gasteiger partial charge on any atom is 0.224 e. The second-order valence-corrected chi connectivity index (χ2v) is 3.09. The van der Waals surface area contributed by atoms with Crippen molar-refractivity contribution in [2.75, 3.05) is 5.43 Å². The number of nitrogens with one attached hydrogen (secondary N) is 1. The highest BCUT2D eigenvalue weighted by Gasteiger charge is 2.04. The fourth-order valence-electron chi connectivity index (χ4n) is 1.18. The van der Waals surface area contributed by atoms with Gasteiger partial charge in [0.15, 0.2) is 0 Å². The van der Waals surface area contributed by atoms with Crippen LogP contribution in [0.5, 0.6) is 11.6 Å². The van der Waals surface area contributed by atoms with Crippen LogP contribution in [0.3, 0.4) is 0 Å². The lowest BCUT2D eigenvalue weighted by Gasteiger charge is -2.05. The molecule has 0 fully saturated rings. The van der Waals surface area contributed by atoms with Crippen molar-refractivity contribution in [1.29, 1.82) is 0 Å². The molecule has 2 rings (SSSR count). The van der Waals surface area contributed by atoms with Crippen LogP contribution in [-0.2, 0) is 0 Å². The number of anilines is 1. The van der Waals surface area contributed by atoms with Gasteiger partial charge >= 0.3 is 0 Å². The minimum absolute atomic E-state index is 0.00386. The molecule has 0 radical (unpaired) electrons. The van der Waals surface area contributed by atoms with E-state index < -0.39 is 11.6 Å². The van der Waals surface area contributed by atoms with Crippen molar-refractivity contribution >= 4 is 5.82 Å². The molecule has 5 nitrogen and oxygen atoms in total. The fourth-order valence-corrected chi connectivity index (χ4v) is 1.18. The number of aromatic nitrogens is 2. The van der Waals surface area contributed by atoms with Crippen LogP contribution in [0.25, 0.3) is 0 Å². The zero-order valence-electron chi connectivity index (χ0n) is 8.52. The molecule has 0 bridgehead atoms. The van der Waals surface area contributed by atoms with Gasteiger partial charge in [-0.1, -0.05) is 0 Å². The van der Waals surface area contributed by atoms with Crippen molar-refractivity contribution in [3.63, 3.8) is 0 Å². The zero-order valence-corrected chi connectivity index (χ0v) is 8.52. The Bertz CT molecular complexity index is 515. The molecule has 1 heterocycles. The predicted octanol–water partition coefficient (Wildman–Crippen LogP) is 1.83. The standard InChI is InChI=1S/C10H8F2N4O/c11-6-1-7(12)3-8(2-6)17-10-4-9(16-13)14-5-15-10/h1-5H,13H2,(H,14,15,16). The Morgan fingerprint density at radius 3 is 2.41 bits per heavy atom. The number of nitrogen functional groups attached to an aromatic ring is 1. The van der Waals surface area contributed by atoms with E-state index >= 15 is 0 Å². The molecule has 0 unspecified atom stereocenters. The van der Waals surface area contributed by atoms with Gasteiger partial charge in [0.25, 0.3) is 0 Å². The lowest BCUT2D eigenvalue weighted by molar-refractivity contribution is 0.450. The number of nitrogens with zero attached hydrogens (tertiary/aromatic N) is 2. The summed E-state index contributed by atoms with van der Waals surface area (Å²) < 4.78 is 30.9. The summed E-state index contributed by atoms with van der Waals surface area (Å²) in [5.41, 5.74) is 2.30. The summed E-state index contributed by atoms with van der Waals surface area (Å²) in [4.78, 5) is 7.53. The lowest BCUT2D eigenvalue weighted by atomic mass is 10.3. The maximum atomic E-state index is 12.9. The first-order chi connectivity index (χ1) is 8.17. The van der Waals surface area contributed by atoms with Crippen molar-refractivity contribution in [1.82, 2.24) is 9.97 Å². The summed E-state index contributed by atoms with van der Waals surface area (Å²) in [5, 5.41) is 0. The lowest BCUT2D eigenvalue weighted by Crippen LogP contribution is -2.08. The number of hydrogen-bond acceptors (Lipinski definition) is 5. The molecule has 0 saturated heterocycles. The molecule has 17 heavy (non-hydrogen) atoms. The molecule has 3 N–H and O–H groups in total. The second kappa shape index (κ2) is 4.71. The van der Waals surface area contributed by atoms with E-state index in [2.05, 4.69) is 15.4 Å². The molecule has 1 aromatic carbocycles. The first kappa shape index (κ1) is 11.2. The molecule has 7 heteroatoms. The van der Waals surface area contributed by atoms with Crippen LogP contribution in [0.15, 0.2) is 30.6 Å². The summed E-state index contributed by atoms with van der Waals surface area (Å²) >= 11 is 0. The molecule has 0 aliphatic carbocycles. The van der Waals surface area contributed by atoms with Gasteiger partial charge in [-0.25, -0.2) is 24.6 Å². The van der Waals surface area contributed by atoms with Gasteiger partial charge in [0, 0.05) is 24.3 Å². The van der Waals surface area contributed by atoms with E-state index in [1.807, 2.05) is 0 Å². The number of nitrogens with two attached hydrogens (primary N) is 1. The Kier molecular flexibility index (Phi) is 3.10. The number of hydrazine groups is 1. The highest BCUT2D eigenvalue weighted by molar-refractivity contribution is 5.37. The highest BCUT2D eigenvalue weighted by Crippen LogP contribution is 2.22. The molecule has 1 aromatic heterocycles. The topological polar surface area (TPSA) is 73.1 Å². The van der Waals surface area contributed by atoms with E-state index in [1.165, 1.54) is 12.4 Å². The summed E-state index contributed by atoms with van der Waals surface area (Å²) in [6.45, 7) is 0. The monoisotopic (exact) mass is 238 g/mol. The van der Waals surface area contributed by atoms with Gasteiger partial charge in [-0.05, 0) is 0 Å². The van der Waals surface area contributed by atoms with Gasteiger partial charge < -0.3 is 10.2 Å². The van der Waals surface area contributed by atoms with Gasteiger partial charge in [0.05, 0.1) is 0 Å². The number of rotatable bonds is 3. The summed E-state index contributed by atoms with van der Waals surface area (Å²) in [6, 6.07) is 4.23. The van der Waals surface area contributed by atoms with Crippen LogP contribution in [0, 0.1) is 11.6 Å². The molecule has 0 amide bonds. The Labute approximate surface area is 95.2 Å². The fraction of sp³-hybridized carbons (Fsp3) is 0. The Morgan fingerprint density at radius 2 is 1.76 bits per heavy atom. The van der Waals surface area contributed by atoms with Crippen LogP contribution in [0.4, 0.5) is 14.6 Å². The second-order valence-electron chi connectivity index (χ2n) is 3.09. The smallest absolute Gasteiger partial charge is 0.224 e. The third-order valence-electron chi connectivity index (χ3n) is 1.85. The summed E-state index contributed by atoms with van der Waals surface area (Å²) in [5.74, 6) is 4.14. The predicted molar refractivity (Wildman–Crippen MR) is 56.3 cm³/mol. The van der Waals surface area contributed by atoms with E-state index in [1.54, 1.807) is 0 Å². The van der Waals surface area contributed by atoms with Gasteiger partial charge in [-0.2, -0.15) is 0 Å². The van der Waals surface area contributed by atoms with E-state index in [9.17, 15) is 8.78 Å². The number of hydrogen-bond donors (Lipinski definition) is 2. The van der Waals surface area contributed by atoms with Crippen molar-refractivity contribution < 1.29 is 13.5 Å². The quantitative estimate of drug-likeness (QED) is 0.630. The van der Waals surface area contributed by atoms with E-state index in [0.29, 0.717) is 5.82 Å². The van der Waals surface area contributed by atoms with Crippen molar-refractivity contribution in [2.24, 2.45) is 5.84 Å². The van der Waals surface area contributed by atoms with Crippen LogP contribution >= 0.6 is 0 Å². The van der Waals surface area contributed by atoms with Gasteiger partial charge in [-0.3, -0.25) is 0 Å². The molecule has 0 aliphatic rings. The molecule has 0 spiro atoms. The van der Waals surface area contributed by atoms with E-state index in [-0.39, 0.29) is 11.6 Å². The first-order valence-electron chi connectivity index (χ1n) is 4.60. The minimum Gasteiger partial charge on any atom is -0.439 e. The minimum atomic E-state index is -0.730. The average Bonchev–Trinajstić information content (AvgIpc) is 2.28. The molecular weight excluding hydrogens is 230 g/mol. The van der Waals surface area contributed by atoms with E-state index in [4.69, 9.17) is 10.6 Å². The first-order valence-corrected chi connectivity index (χ1v) is 4.60. The Hall–Kier alpha value is -2.28. The molecular formula is C10H8F2N4O.